The van der Waals surface area contributed by atoms with Crippen molar-refractivity contribution in [1.82, 2.24) is 5.32 Å². The molecule has 13 heavy (non-hydrogen) atoms. The molecule has 2 heterocycles. The van der Waals surface area contributed by atoms with Gasteiger partial charge in [-0.25, -0.2) is 0 Å². The number of thiophene rings is 1. The van der Waals surface area contributed by atoms with Crippen LogP contribution in [0.25, 0.3) is 0 Å². The van der Waals surface area contributed by atoms with Crippen molar-refractivity contribution >= 4 is 43.2 Å². The third-order valence-corrected chi connectivity index (χ3v) is 5.08. The SMILES string of the molecule is BrCC1CNCC1c1ccc(Br)s1. The third kappa shape index (κ3) is 2.17. The van der Waals surface area contributed by atoms with Crippen molar-refractivity contribution in [2.75, 3.05) is 18.4 Å². The van der Waals surface area contributed by atoms with Gasteiger partial charge in [-0.05, 0) is 40.5 Å². The highest BCUT2D eigenvalue weighted by Crippen LogP contribution is 2.35. The highest BCUT2D eigenvalue weighted by molar-refractivity contribution is 9.11. The fraction of sp³-hybridized carbons (Fsp3) is 0.556. The summed E-state index contributed by atoms with van der Waals surface area (Å²) >= 11 is 8.94. The lowest BCUT2D eigenvalue weighted by Crippen LogP contribution is -2.10. The summed E-state index contributed by atoms with van der Waals surface area (Å²) in [7, 11) is 0. The molecule has 1 fully saturated rings. The summed E-state index contributed by atoms with van der Waals surface area (Å²) in [5.41, 5.74) is 0. The maximum atomic E-state index is 3.57. The van der Waals surface area contributed by atoms with Gasteiger partial charge >= 0.3 is 0 Å². The quantitative estimate of drug-likeness (QED) is 0.824. The molecule has 1 aromatic rings. The Labute approximate surface area is 99.2 Å². The van der Waals surface area contributed by atoms with E-state index in [4.69, 9.17) is 0 Å². The van der Waals surface area contributed by atoms with E-state index < -0.39 is 0 Å². The average molecular weight is 325 g/mol. The van der Waals surface area contributed by atoms with Gasteiger partial charge in [0.2, 0.25) is 0 Å². The molecule has 1 N–H and O–H groups in total. The highest BCUT2D eigenvalue weighted by Gasteiger charge is 2.28. The van der Waals surface area contributed by atoms with E-state index in [-0.39, 0.29) is 0 Å². The van der Waals surface area contributed by atoms with E-state index in [9.17, 15) is 0 Å². The molecule has 72 valence electrons. The van der Waals surface area contributed by atoms with Crippen LogP contribution < -0.4 is 5.32 Å². The Morgan fingerprint density at radius 3 is 2.92 bits per heavy atom. The van der Waals surface area contributed by atoms with Crippen LogP contribution in [0.5, 0.6) is 0 Å². The Balaban J connectivity index is 2.15. The Kier molecular flexibility index (Phi) is 3.46. The molecular formula is C9H11Br2NS. The van der Waals surface area contributed by atoms with Crippen LogP contribution in [0.2, 0.25) is 0 Å². The smallest absolute Gasteiger partial charge is 0.0701 e. The topological polar surface area (TPSA) is 12.0 Å². The number of hydrogen-bond acceptors (Lipinski definition) is 2. The van der Waals surface area contributed by atoms with Gasteiger partial charge in [0.25, 0.3) is 0 Å². The minimum atomic E-state index is 0.704. The van der Waals surface area contributed by atoms with Gasteiger partial charge in [-0.2, -0.15) is 0 Å². The van der Waals surface area contributed by atoms with E-state index >= 15 is 0 Å². The van der Waals surface area contributed by atoms with E-state index in [1.54, 1.807) is 0 Å². The monoisotopic (exact) mass is 323 g/mol. The number of nitrogens with one attached hydrogen (secondary N) is 1. The average Bonchev–Trinajstić information content (AvgIpc) is 2.71. The van der Waals surface area contributed by atoms with Crippen LogP contribution in [0.4, 0.5) is 0 Å². The molecule has 1 aliphatic heterocycles. The van der Waals surface area contributed by atoms with Crippen LogP contribution in [0.3, 0.4) is 0 Å². The summed E-state index contributed by atoms with van der Waals surface area (Å²) in [5, 5.41) is 4.54. The van der Waals surface area contributed by atoms with Gasteiger partial charge in [-0.3, -0.25) is 0 Å². The van der Waals surface area contributed by atoms with E-state index in [1.807, 2.05) is 11.3 Å². The molecule has 0 aliphatic carbocycles. The van der Waals surface area contributed by atoms with Crippen molar-refractivity contribution in [1.29, 1.82) is 0 Å². The Morgan fingerprint density at radius 2 is 2.31 bits per heavy atom. The maximum absolute atomic E-state index is 3.57. The van der Waals surface area contributed by atoms with Crippen molar-refractivity contribution < 1.29 is 0 Å². The highest BCUT2D eigenvalue weighted by atomic mass is 79.9. The lowest BCUT2D eigenvalue weighted by molar-refractivity contribution is 0.593. The molecule has 0 saturated carbocycles. The third-order valence-electron chi connectivity index (χ3n) is 2.50. The zero-order chi connectivity index (χ0) is 9.26. The van der Waals surface area contributed by atoms with Crippen molar-refractivity contribution in [2.45, 2.75) is 5.92 Å². The van der Waals surface area contributed by atoms with Crippen molar-refractivity contribution in [3.8, 4) is 0 Å². The molecule has 1 saturated heterocycles. The summed E-state index contributed by atoms with van der Waals surface area (Å²) in [6.45, 7) is 2.27. The molecule has 4 heteroatoms. The van der Waals surface area contributed by atoms with Gasteiger partial charge in [0.1, 0.15) is 0 Å². The molecule has 0 radical (unpaired) electrons. The summed E-state index contributed by atoms with van der Waals surface area (Å²) in [5.74, 6) is 1.46. The largest absolute Gasteiger partial charge is 0.316 e. The van der Waals surface area contributed by atoms with E-state index in [0.29, 0.717) is 5.92 Å². The first-order valence-electron chi connectivity index (χ1n) is 4.33. The summed E-state index contributed by atoms with van der Waals surface area (Å²) in [4.78, 5) is 1.50. The second-order valence-electron chi connectivity index (χ2n) is 3.32. The van der Waals surface area contributed by atoms with Gasteiger partial charge in [0, 0.05) is 22.7 Å². The van der Waals surface area contributed by atoms with Crippen LogP contribution in [0.1, 0.15) is 10.8 Å². The van der Waals surface area contributed by atoms with E-state index in [2.05, 4.69) is 49.3 Å². The summed E-state index contributed by atoms with van der Waals surface area (Å²) in [6, 6.07) is 4.38. The first kappa shape index (κ1) is 10.1. The molecule has 0 amide bonds. The van der Waals surface area contributed by atoms with Gasteiger partial charge in [0.15, 0.2) is 0 Å². The predicted molar refractivity (Wildman–Crippen MR) is 64.9 cm³/mol. The minimum absolute atomic E-state index is 0.704. The molecule has 2 atom stereocenters. The Morgan fingerprint density at radius 1 is 1.46 bits per heavy atom. The summed E-state index contributed by atoms with van der Waals surface area (Å²) in [6.07, 6.45) is 0. The maximum Gasteiger partial charge on any atom is 0.0701 e. The number of halogens is 2. The summed E-state index contributed by atoms with van der Waals surface area (Å²) < 4.78 is 1.24. The molecule has 2 unspecified atom stereocenters. The normalized spacial score (nSPS) is 28.2. The van der Waals surface area contributed by atoms with E-state index in [1.165, 1.54) is 8.66 Å². The molecule has 1 nitrogen and oxygen atoms in total. The molecular weight excluding hydrogens is 314 g/mol. The molecule has 0 spiro atoms. The molecule has 0 aromatic carbocycles. The first-order chi connectivity index (χ1) is 6.31. The number of alkyl halides is 1. The van der Waals surface area contributed by atoms with E-state index in [0.717, 1.165) is 24.3 Å². The zero-order valence-electron chi connectivity index (χ0n) is 7.09. The van der Waals surface area contributed by atoms with Gasteiger partial charge < -0.3 is 5.32 Å². The van der Waals surface area contributed by atoms with Crippen LogP contribution in [0.15, 0.2) is 15.9 Å². The lowest BCUT2D eigenvalue weighted by Gasteiger charge is -2.13. The first-order valence-corrected chi connectivity index (χ1v) is 7.06. The van der Waals surface area contributed by atoms with Crippen molar-refractivity contribution in [2.24, 2.45) is 5.92 Å². The lowest BCUT2D eigenvalue weighted by atomic mass is 9.97. The second kappa shape index (κ2) is 4.43. The van der Waals surface area contributed by atoms with Crippen molar-refractivity contribution in [3.63, 3.8) is 0 Å². The zero-order valence-corrected chi connectivity index (χ0v) is 11.1. The van der Waals surface area contributed by atoms with Crippen LogP contribution >= 0.6 is 43.2 Å². The standard InChI is InChI=1S/C9H11Br2NS/c10-3-6-4-12-5-7(6)8-1-2-9(11)13-8/h1-2,6-7,12H,3-5H2. The molecule has 1 aromatic heterocycles. The second-order valence-corrected chi connectivity index (χ2v) is 6.46. The van der Waals surface area contributed by atoms with Gasteiger partial charge in [-0.1, -0.05) is 15.9 Å². The van der Waals surface area contributed by atoms with Gasteiger partial charge in [-0.15, -0.1) is 11.3 Å². The van der Waals surface area contributed by atoms with Gasteiger partial charge in [0.05, 0.1) is 3.79 Å². The fourth-order valence-corrected chi connectivity index (χ4v) is 4.05. The molecule has 1 aliphatic rings. The van der Waals surface area contributed by atoms with Crippen molar-refractivity contribution in [3.05, 3.63) is 20.8 Å². The fourth-order valence-electron chi connectivity index (χ4n) is 1.76. The molecule has 0 bridgehead atoms. The number of rotatable bonds is 2. The molecule has 2 rings (SSSR count). The Hall–Kier alpha value is 0.620. The predicted octanol–water partition coefficient (Wildman–Crippen LogP) is 3.21. The Bertz CT molecular complexity index is 287. The number of hydrogen-bond donors (Lipinski definition) is 1. The van der Waals surface area contributed by atoms with Crippen LogP contribution in [0, 0.1) is 5.92 Å². The van der Waals surface area contributed by atoms with Crippen LogP contribution in [-0.2, 0) is 0 Å². The van der Waals surface area contributed by atoms with Crippen LogP contribution in [-0.4, -0.2) is 18.4 Å². The minimum Gasteiger partial charge on any atom is -0.316 e.